The molecule has 1 amide bonds. The number of phenolic OH excluding ortho intramolecular Hbond substituents is 1. The van der Waals surface area contributed by atoms with Crippen molar-refractivity contribution in [3.63, 3.8) is 0 Å². The number of aryl methyl sites for hydroxylation is 1. The van der Waals surface area contributed by atoms with E-state index in [0.717, 1.165) is 34.0 Å². The molecule has 0 saturated carbocycles. The van der Waals surface area contributed by atoms with E-state index in [1.807, 2.05) is 19.1 Å². The standard InChI is InChI=1S/C25H24N2O2S/c1-17-23(16-24(29)26-14-13-18-9-11-21(28)12-10-18)30-25(27-17)15-20-7-4-6-19-5-2-3-8-22(19)20/h2-12,28H,13-16H2,1H3,(H,26,29). The largest absolute Gasteiger partial charge is 0.508 e. The van der Waals surface area contributed by atoms with E-state index in [1.54, 1.807) is 23.5 Å². The van der Waals surface area contributed by atoms with Gasteiger partial charge in [0.1, 0.15) is 5.75 Å². The lowest BCUT2D eigenvalue weighted by Crippen LogP contribution is -2.27. The molecule has 2 N–H and O–H groups in total. The molecule has 152 valence electrons. The molecule has 0 bridgehead atoms. The number of nitrogens with zero attached hydrogens (tertiary/aromatic N) is 1. The Hall–Kier alpha value is -3.18. The molecule has 0 atom stereocenters. The van der Waals surface area contributed by atoms with Crippen molar-refractivity contribution in [3.8, 4) is 5.75 Å². The van der Waals surface area contributed by atoms with Crippen molar-refractivity contribution in [3.05, 3.63) is 93.4 Å². The molecule has 0 spiro atoms. The van der Waals surface area contributed by atoms with Gasteiger partial charge in [0.2, 0.25) is 5.91 Å². The first-order valence-corrected chi connectivity index (χ1v) is 10.9. The Morgan fingerprint density at radius 1 is 1.03 bits per heavy atom. The molecule has 3 aromatic carbocycles. The minimum Gasteiger partial charge on any atom is -0.508 e. The van der Waals surface area contributed by atoms with Gasteiger partial charge in [-0.25, -0.2) is 4.98 Å². The van der Waals surface area contributed by atoms with Gasteiger partial charge in [-0.3, -0.25) is 4.79 Å². The van der Waals surface area contributed by atoms with Crippen LogP contribution in [0.4, 0.5) is 0 Å². The van der Waals surface area contributed by atoms with Crippen molar-refractivity contribution in [2.24, 2.45) is 0 Å². The molecule has 0 fully saturated rings. The highest BCUT2D eigenvalue weighted by atomic mass is 32.1. The fourth-order valence-corrected chi connectivity index (χ4v) is 4.65. The summed E-state index contributed by atoms with van der Waals surface area (Å²) in [6, 6.07) is 21.8. The van der Waals surface area contributed by atoms with Gasteiger partial charge in [0.05, 0.1) is 17.1 Å². The Kier molecular flexibility index (Phi) is 6.10. The number of benzene rings is 3. The monoisotopic (exact) mass is 416 g/mol. The van der Waals surface area contributed by atoms with Gasteiger partial charge < -0.3 is 10.4 Å². The Labute approximate surface area is 180 Å². The van der Waals surface area contributed by atoms with Crippen LogP contribution < -0.4 is 5.32 Å². The summed E-state index contributed by atoms with van der Waals surface area (Å²) < 4.78 is 0. The molecule has 1 aromatic heterocycles. The van der Waals surface area contributed by atoms with E-state index in [2.05, 4.69) is 47.8 Å². The molecule has 5 heteroatoms. The van der Waals surface area contributed by atoms with E-state index in [9.17, 15) is 9.90 Å². The maximum Gasteiger partial charge on any atom is 0.225 e. The lowest BCUT2D eigenvalue weighted by molar-refractivity contribution is -0.120. The van der Waals surface area contributed by atoms with Crippen molar-refractivity contribution in [2.45, 2.75) is 26.2 Å². The minimum absolute atomic E-state index is 0.0113. The Morgan fingerprint density at radius 3 is 2.63 bits per heavy atom. The summed E-state index contributed by atoms with van der Waals surface area (Å²) in [5.74, 6) is 0.264. The molecule has 4 aromatic rings. The zero-order valence-electron chi connectivity index (χ0n) is 16.9. The molecule has 0 radical (unpaired) electrons. The third-order valence-electron chi connectivity index (χ3n) is 5.15. The number of rotatable bonds is 7. The lowest BCUT2D eigenvalue weighted by Gasteiger charge is -2.05. The fraction of sp³-hybridized carbons (Fsp3) is 0.200. The number of phenols is 1. The molecule has 1 heterocycles. The van der Waals surface area contributed by atoms with E-state index < -0.39 is 0 Å². The van der Waals surface area contributed by atoms with Crippen molar-refractivity contribution >= 4 is 28.0 Å². The number of thiazole rings is 1. The van der Waals surface area contributed by atoms with Crippen LogP contribution in [0.5, 0.6) is 5.75 Å². The molecule has 30 heavy (non-hydrogen) atoms. The van der Waals surface area contributed by atoms with Gasteiger partial charge in [-0.15, -0.1) is 11.3 Å². The topological polar surface area (TPSA) is 62.2 Å². The first-order chi connectivity index (χ1) is 14.6. The molecule has 0 aliphatic rings. The van der Waals surface area contributed by atoms with Crippen LogP contribution in [-0.2, 0) is 24.1 Å². The van der Waals surface area contributed by atoms with E-state index in [-0.39, 0.29) is 11.7 Å². The van der Waals surface area contributed by atoms with E-state index >= 15 is 0 Å². The highest BCUT2D eigenvalue weighted by Gasteiger charge is 2.13. The highest BCUT2D eigenvalue weighted by Crippen LogP contribution is 2.25. The predicted molar refractivity (Wildman–Crippen MR) is 122 cm³/mol. The zero-order chi connectivity index (χ0) is 20.9. The van der Waals surface area contributed by atoms with Crippen molar-refractivity contribution in [1.82, 2.24) is 10.3 Å². The fourth-order valence-electron chi connectivity index (χ4n) is 3.55. The van der Waals surface area contributed by atoms with Crippen molar-refractivity contribution < 1.29 is 9.90 Å². The Morgan fingerprint density at radius 2 is 1.80 bits per heavy atom. The maximum atomic E-state index is 12.4. The van der Waals surface area contributed by atoms with Crippen LogP contribution >= 0.6 is 11.3 Å². The van der Waals surface area contributed by atoms with E-state index in [0.29, 0.717) is 13.0 Å². The van der Waals surface area contributed by atoms with Crippen molar-refractivity contribution in [2.75, 3.05) is 6.54 Å². The second-order valence-corrected chi connectivity index (χ2v) is 8.54. The van der Waals surface area contributed by atoms with E-state index in [1.165, 1.54) is 16.3 Å². The number of carbonyl (C=O) groups is 1. The van der Waals surface area contributed by atoms with Gasteiger partial charge in [0.25, 0.3) is 0 Å². The van der Waals surface area contributed by atoms with Gasteiger partial charge in [0, 0.05) is 17.8 Å². The third-order valence-corrected chi connectivity index (χ3v) is 6.31. The summed E-state index contributed by atoms with van der Waals surface area (Å²) in [4.78, 5) is 18.1. The van der Waals surface area contributed by atoms with Crippen LogP contribution in [-0.4, -0.2) is 22.5 Å². The number of amides is 1. The summed E-state index contributed by atoms with van der Waals surface area (Å²) in [6.45, 7) is 2.55. The number of hydrogen-bond acceptors (Lipinski definition) is 4. The molecule has 0 aliphatic heterocycles. The van der Waals surface area contributed by atoms with Crippen LogP contribution in [0.1, 0.15) is 26.7 Å². The highest BCUT2D eigenvalue weighted by molar-refractivity contribution is 7.11. The molecule has 4 nitrogen and oxygen atoms in total. The normalized spacial score (nSPS) is 11.0. The summed E-state index contributed by atoms with van der Waals surface area (Å²) in [6.07, 6.45) is 1.87. The number of carbonyl (C=O) groups excluding carboxylic acids is 1. The summed E-state index contributed by atoms with van der Waals surface area (Å²) in [7, 11) is 0. The molecule has 0 saturated heterocycles. The quantitative estimate of drug-likeness (QED) is 0.455. The van der Waals surface area contributed by atoms with Gasteiger partial charge in [-0.05, 0) is 47.4 Å². The number of nitrogens with one attached hydrogen (secondary N) is 1. The average molecular weight is 417 g/mol. The number of fused-ring (bicyclic) bond motifs is 1. The van der Waals surface area contributed by atoms with Gasteiger partial charge >= 0.3 is 0 Å². The third kappa shape index (κ3) is 4.86. The molecular formula is C25H24N2O2S. The van der Waals surface area contributed by atoms with Gasteiger partial charge in [-0.1, -0.05) is 54.6 Å². The SMILES string of the molecule is Cc1nc(Cc2cccc3ccccc23)sc1CC(=O)NCCc1ccc(O)cc1. The average Bonchev–Trinajstić information content (AvgIpc) is 3.08. The molecule has 0 aliphatic carbocycles. The summed E-state index contributed by atoms with van der Waals surface area (Å²) in [5.41, 5.74) is 3.27. The molecule has 4 rings (SSSR count). The Balaban J connectivity index is 1.36. The van der Waals surface area contributed by atoms with Gasteiger partial charge in [0.15, 0.2) is 0 Å². The lowest BCUT2D eigenvalue weighted by atomic mass is 10.0. The first kappa shape index (κ1) is 20.1. The summed E-state index contributed by atoms with van der Waals surface area (Å²) in [5, 5.41) is 15.8. The van der Waals surface area contributed by atoms with Crippen LogP contribution in [0, 0.1) is 6.92 Å². The maximum absolute atomic E-state index is 12.4. The predicted octanol–water partition coefficient (Wildman–Crippen LogP) is 4.80. The minimum atomic E-state index is 0.0113. The van der Waals surface area contributed by atoms with Gasteiger partial charge in [-0.2, -0.15) is 0 Å². The zero-order valence-corrected chi connectivity index (χ0v) is 17.7. The second-order valence-electron chi connectivity index (χ2n) is 7.37. The van der Waals surface area contributed by atoms with Crippen LogP contribution in [0.2, 0.25) is 0 Å². The second kappa shape index (κ2) is 9.09. The first-order valence-electron chi connectivity index (χ1n) is 10.0. The summed E-state index contributed by atoms with van der Waals surface area (Å²) >= 11 is 1.62. The smallest absolute Gasteiger partial charge is 0.225 e. The number of aromatic nitrogens is 1. The molecular weight excluding hydrogens is 392 g/mol. The van der Waals surface area contributed by atoms with E-state index in [4.69, 9.17) is 4.98 Å². The van der Waals surface area contributed by atoms with Crippen molar-refractivity contribution in [1.29, 1.82) is 0 Å². The Bertz CT molecular complexity index is 1160. The number of aromatic hydroxyl groups is 1. The van der Waals surface area contributed by atoms with Crippen LogP contribution in [0.15, 0.2) is 66.7 Å². The van der Waals surface area contributed by atoms with Crippen LogP contribution in [0.3, 0.4) is 0 Å². The molecule has 0 unspecified atom stereocenters. The number of hydrogen-bond donors (Lipinski definition) is 2. The van der Waals surface area contributed by atoms with Crippen LogP contribution in [0.25, 0.3) is 10.8 Å².